The number of halogens is 3. The minimum absolute atomic E-state index is 0.0362. The van der Waals surface area contributed by atoms with Crippen molar-refractivity contribution in [2.24, 2.45) is 0 Å². The van der Waals surface area contributed by atoms with Gasteiger partial charge >= 0.3 is 5.51 Å². The van der Waals surface area contributed by atoms with Crippen LogP contribution in [0, 0.1) is 10.1 Å². The summed E-state index contributed by atoms with van der Waals surface area (Å²) in [6.07, 6.45) is 0. The number of hydrogen-bond donors (Lipinski definition) is 1. The number of non-ortho nitro benzene ring substituents is 1. The van der Waals surface area contributed by atoms with Crippen LogP contribution in [0.4, 0.5) is 24.5 Å². The fourth-order valence-corrected chi connectivity index (χ4v) is 1.71. The molecule has 1 aromatic carbocycles. The molecule has 0 fully saturated rings. The van der Waals surface area contributed by atoms with E-state index in [9.17, 15) is 23.3 Å². The molecule has 0 aliphatic carbocycles. The third kappa shape index (κ3) is 5.69. The van der Waals surface area contributed by atoms with Crippen molar-refractivity contribution in [1.82, 2.24) is 0 Å². The fourth-order valence-electron chi connectivity index (χ4n) is 1.27. The minimum atomic E-state index is -4.28. The van der Waals surface area contributed by atoms with Crippen LogP contribution in [-0.4, -0.2) is 29.8 Å². The maximum atomic E-state index is 11.9. The van der Waals surface area contributed by atoms with Gasteiger partial charge in [0, 0.05) is 30.1 Å². The zero-order chi connectivity index (χ0) is 14.5. The lowest BCUT2D eigenvalue weighted by Gasteiger charge is -2.09. The number of nitrogens with zero attached hydrogens (tertiary/aromatic N) is 1. The standard InChI is InChI=1S/C10H11F3N2O3S/c1-18-9-5-7(4-8(6-9)15(16)17)14-2-3-19-10(11,12)13/h4-6,14H,2-3H2,1H3. The van der Waals surface area contributed by atoms with Gasteiger partial charge in [0.1, 0.15) is 5.75 Å². The number of rotatable bonds is 6. The highest BCUT2D eigenvalue weighted by atomic mass is 32.2. The predicted octanol–water partition coefficient (Wildman–Crippen LogP) is 3.27. The van der Waals surface area contributed by atoms with Gasteiger partial charge in [-0.1, -0.05) is 0 Å². The van der Waals surface area contributed by atoms with Gasteiger partial charge in [-0.05, 0) is 11.8 Å². The third-order valence-corrected chi connectivity index (χ3v) is 2.77. The molecular weight excluding hydrogens is 285 g/mol. The average Bonchev–Trinajstić information content (AvgIpc) is 2.33. The summed E-state index contributed by atoms with van der Waals surface area (Å²) in [6, 6.07) is 3.95. The van der Waals surface area contributed by atoms with E-state index in [2.05, 4.69) is 5.32 Å². The van der Waals surface area contributed by atoms with Crippen molar-refractivity contribution in [3.63, 3.8) is 0 Å². The first-order chi connectivity index (χ1) is 8.81. The maximum absolute atomic E-state index is 11.9. The summed E-state index contributed by atoms with van der Waals surface area (Å²) in [5.41, 5.74) is -4.12. The van der Waals surface area contributed by atoms with E-state index in [1.165, 1.54) is 25.3 Å². The molecule has 0 radical (unpaired) electrons. The Hall–Kier alpha value is -1.64. The molecule has 0 aliphatic rings. The normalized spacial score (nSPS) is 11.2. The predicted molar refractivity (Wildman–Crippen MR) is 66.7 cm³/mol. The molecule has 106 valence electrons. The van der Waals surface area contributed by atoms with Crippen molar-refractivity contribution < 1.29 is 22.8 Å². The molecule has 1 N–H and O–H groups in total. The zero-order valence-electron chi connectivity index (χ0n) is 9.86. The highest BCUT2D eigenvalue weighted by Crippen LogP contribution is 2.30. The lowest BCUT2D eigenvalue weighted by Crippen LogP contribution is -2.09. The second-order valence-corrected chi connectivity index (χ2v) is 4.56. The number of nitrogens with one attached hydrogen (secondary N) is 1. The number of nitro groups is 1. The van der Waals surface area contributed by atoms with Crippen LogP contribution >= 0.6 is 11.8 Å². The van der Waals surface area contributed by atoms with Crippen molar-refractivity contribution in [2.45, 2.75) is 5.51 Å². The molecule has 0 unspecified atom stereocenters. The fraction of sp³-hybridized carbons (Fsp3) is 0.400. The van der Waals surface area contributed by atoms with Crippen molar-refractivity contribution in [3.05, 3.63) is 28.3 Å². The summed E-state index contributed by atoms with van der Waals surface area (Å²) in [5.74, 6) is 0.0780. The molecule has 5 nitrogen and oxygen atoms in total. The van der Waals surface area contributed by atoms with E-state index in [0.717, 1.165) is 0 Å². The second-order valence-electron chi connectivity index (χ2n) is 3.40. The molecular formula is C10H11F3N2O3S. The summed E-state index contributed by atoms with van der Waals surface area (Å²) in [6.45, 7) is 0.0362. The van der Waals surface area contributed by atoms with E-state index in [1.807, 2.05) is 0 Å². The molecule has 0 aromatic heterocycles. The second kappa shape index (κ2) is 6.50. The Balaban J connectivity index is 2.62. The van der Waals surface area contributed by atoms with Gasteiger partial charge in [0.25, 0.3) is 5.69 Å². The smallest absolute Gasteiger partial charge is 0.441 e. The van der Waals surface area contributed by atoms with Crippen LogP contribution in [0.25, 0.3) is 0 Å². The first-order valence-corrected chi connectivity index (χ1v) is 6.08. The van der Waals surface area contributed by atoms with Crippen molar-refractivity contribution in [1.29, 1.82) is 0 Å². The number of methoxy groups -OCH3 is 1. The Morgan fingerprint density at radius 3 is 2.63 bits per heavy atom. The van der Waals surface area contributed by atoms with E-state index >= 15 is 0 Å². The first-order valence-electron chi connectivity index (χ1n) is 5.10. The number of anilines is 1. The molecule has 0 amide bonds. The first kappa shape index (κ1) is 15.4. The van der Waals surface area contributed by atoms with E-state index < -0.39 is 10.4 Å². The van der Waals surface area contributed by atoms with Crippen LogP contribution in [0.2, 0.25) is 0 Å². The molecule has 19 heavy (non-hydrogen) atoms. The molecule has 1 aromatic rings. The summed E-state index contributed by atoms with van der Waals surface area (Å²) in [4.78, 5) is 10.1. The maximum Gasteiger partial charge on any atom is 0.441 e. The number of hydrogen-bond acceptors (Lipinski definition) is 5. The Morgan fingerprint density at radius 2 is 2.11 bits per heavy atom. The topological polar surface area (TPSA) is 64.4 Å². The highest BCUT2D eigenvalue weighted by Gasteiger charge is 2.27. The van der Waals surface area contributed by atoms with Gasteiger partial charge in [-0.3, -0.25) is 10.1 Å². The van der Waals surface area contributed by atoms with Gasteiger partial charge in [-0.25, -0.2) is 0 Å². The Morgan fingerprint density at radius 1 is 1.42 bits per heavy atom. The quantitative estimate of drug-likeness (QED) is 0.496. The van der Waals surface area contributed by atoms with E-state index in [0.29, 0.717) is 5.69 Å². The zero-order valence-corrected chi connectivity index (χ0v) is 10.7. The molecule has 1 rings (SSSR count). The van der Waals surface area contributed by atoms with Crippen LogP contribution in [0.1, 0.15) is 0 Å². The number of alkyl halides is 3. The molecule has 0 aliphatic heterocycles. The summed E-state index contributed by atoms with van der Waals surface area (Å²) in [5, 5.41) is 13.3. The van der Waals surface area contributed by atoms with Crippen LogP contribution in [0.15, 0.2) is 18.2 Å². The molecule has 9 heteroatoms. The van der Waals surface area contributed by atoms with Crippen molar-refractivity contribution in [2.75, 3.05) is 24.7 Å². The van der Waals surface area contributed by atoms with Gasteiger partial charge in [-0.2, -0.15) is 13.2 Å². The molecule has 0 spiro atoms. The minimum Gasteiger partial charge on any atom is -0.496 e. The lowest BCUT2D eigenvalue weighted by atomic mass is 10.2. The van der Waals surface area contributed by atoms with Crippen LogP contribution in [0.3, 0.4) is 0 Å². The van der Waals surface area contributed by atoms with Crippen LogP contribution in [-0.2, 0) is 0 Å². The molecule has 0 saturated carbocycles. The van der Waals surface area contributed by atoms with Crippen molar-refractivity contribution in [3.8, 4) is 5.75 Å². The van der Waals surface area contributed by atoms with Gasteiger partial charge < -0.3 is 10.1 Å². The monoisotopic (exact) mass is 296 g/mol. The SMILES string of the molecule is COc1cc(NCCSC(F)(F)F)cc([N+](=O)[O-])c1. The lowest BCUT2D eigenvalue weighted by molar-refractivity contribution is -0.384. The highest BCUT2D eigenvalue weighted by molar-refractivity contribution is 8.00. The number of thioether (sulfide) groups is 1. The van der Waals surface area contributed by atoms with Crippen LogP contribution < -0.4 is 10.1 Å². The molecule has 0 saturated heterocycles. The Bertz CT molecular complexity index is 454. The van der Waals surface area contributed by atoms with Crippen LogP contribution in [0.5, 0.6) is 5.75 Å². The van der Waals surface area contributed by atoms with E-state index in [4.69, 9.17) is 4.74 Å². The summed E-state index contributed by atoms with van der Waals surface area (Å²) in [7, 11) is 1.35. The third-order valence-electron chi connectivity index (χ3n) is 2.03. The summed E-state index contributed by atoms with van der Waals surface area (Å²) < 4.78 is 40.6. The Labute approximate surface area is 111 Å². The number of ether oxygens (including phenoxy) is 1. The van der Waals surface area contributed by atoms with Gasteiger partial charge in [-0.15, -0.1) is 0 Å². The number of benzene rings is 1. The molecule has 0 atom stereocenters. The van der Waals surface area contributed by atoms with Gasteiger partial charge in [0.15, 0.2) is 0 Å². The van der Waals surface area contributed by atoms with Crippen molar-refractivity contribution >= 4 is 23.1 Å². The van der Waals surface area contributed by atoms with Gasteiger partial charge in [0.2, 0.25) is 0 Å². The van der Waals surface area contributed by atoms with E-state index in [-0.39, 0.29) is 35.5 Å². The largest absolute Gasteiger partial charge is 0.496 e. The Kier molecular flexibility index (Phi) is 5.28. The van der Waals surface area contributed by atoms with E-state index in [1.54, 1.807) is 0 Å². The summed E-state index contributed by atoms with van der Waals surface area (Å²) >= 11 is -0.154. The average molecular weight is 296 g/mol. The molecule has 0 heterocycles. The molecule has 0 bridgehead atoms. The number of nitro benzene ring substituents is 1. The van der Waals surface area contributed by atoms with Gasteiger partial charge in [0.05, 0.1) is 18.1 Å².